The Labute approximate surface area is 87.8 Å². The standard InChI is InChI=1S/C11H14O4/c1-11(15,10(13)14)9(12)7-8-5-3-2-4-6-8/h2-6,9,12,15H,7H2,1H3,(H,13,14)/t9-,11?/m1/s1. The van der Waals surface area contributed by atoms with Crippen LogP contribution in [0.3, 0.4) is 0 Å². The van der Waals surface area contributed by atoms with Crippen LogP contribution in [0.4, 0.5) is 0 Å². The molecule has 0 aliphatic carbocycles. The lowest BCUT2D eigenvalue weighted by Gasteiger charge is -2.24. The number of carboxylic acid groups (broad SMARTS) is 1. The molecule has 1 aromatic rings. The Morgan fingerprint density at radius 1 is 1.40 bits per heavy atom. The van der Waals surface area contributed by atoms with Crippen LogP contribution in [0.5, 0.6) is 0 Å². The average Bonchev–Trinajstić information content (AvgIpc) is 2.18. The predicted octanol–water partition coefficient (Wildman–Crippen LogP) is 0.426. The van der Waals surface area contributed by atoms with Crippen molar-refractivity contribution in [1.29, 1.82) is 0 Å². The summed E-state index contributed by atoms with van der Waals surface area (Å²) in [6, 6.07) is 8.93. The molecule has 4 nitrogen and oxygen atoms in total. The van der Waals surface area contributed by atoms with Gasteiger partial charge in [0.1, 0.15) is 0 Å². The van der Waals surface area contributed by atoms with Crippen molar-refractivity contribution in [2.75, 3.05) is 0 Å². The maximum atomic E-state index is 10.6. The first-order chi connectivity index (χ1) is 6.94. The molecule has 0 fully saturated rings. The van der Waals surface area contributed by atoms with Crippen molar-refractivity contribution in [2.45, 2.75) is 25.0 Å². The Balaban J connectivity index is 2.72. The summed E-state index contributed by atoms with van der Waals surface area (Å²) in [7, 11) is 0. The minimum absolute atomic E-state index is 0.111. The van der Waals surface area contributed by atoms with E-state index in [0.29, 0.717) is 0 Å². The van der Waals surface area contributed by atoms with Crippen LogP contribution >= 0.6 is 0 Å². The number of carboxylic acids is 1. The lowest BCUT2D eigenvalue weighted by molar-refractivity contribution is -0.168. The average molecular weight is 210 g/mol. The van der Waals surface area contributed by atoms with Gasteiger partial charge in [0.15, 0.2) is 5.60 Å². The third-order valence-electron chi connectivity index (χ3n) is 2.35. The Morgan fingerprint density at radius 2 is 1.93 bits per heavy atom. The molecular formula is C11H14O4. The van der Waals surface area contributed by atoms with E-state index in [1.165, 1.54) is 0 Å². The van der Waals surface area contributed by atoms with Crippen LogP contribution in [0.15, 0.2) is 30.3 Å². The molecule has 15 heavy (non-hydrogen) atoms. The number of aliphatic carboxylic acids is 1. The number of aliphatic hydroxyl groups is 2. The van der Waals surface area contributed by atoms with Gasteiger partial charge in [-0.15, -0.1) is 0 Å². The van der Waals surface area contributed by atoms with Crippen LogP contribution in [0, 0.1) is 0 Å². The number of hydrogen-bond donors (Lipinski definition) is 3. The van der Waals surface area contributed by atoms with Crippen LogP contribution in [0.2, 0.25) is 0 Å². The van der Waals surface area contributed by atoms with Crippen molar-refractivity contribution in [2.24, 2.45) is 0 Å². The van der Waals surface area contributed by atoms with Crippen LogP contribution < -0.4 is 0 Å². The Morgan fingerprint density at radius 3 is 2.40 bits per heavy atom. The molecular weight excluding hydrogens is 196 g/mol. The van der Waals surface area contributed by atoms with Gasteiger partial charge in [-0.05, 0) is 12.5 Å². The summed E-state index contributed by atoms with van der Waals surface area (Å²) in [6.07, 6.45) is -1.21. The van der Waals surface area contributed by atoms with E-state index in [1.807, 2.05) is 6.07 Å². The summed E-state index contributed by atoms with van der Waals surface area (Å²) in [6.45, 7) is 1.09. The van der Waals surface area contributed by atoms with Gasteiger partial charge >= 0.3 is 5.97 Å². The molecule has 0 saturated heterocycles. The van der Waals surface area contributed by atoms with Gasteiger partial charge in [-0.2, -0.15) is 0 Å². The molecule has 0 aliphatic rings. The van der Waals surface area contributed by atoms with E-state index in [9.17, 15) is 15.0 Å². The van der Waals surface area contributed by atoms with Gasteiger partial charge in [0.25, 0.3) is 0 Å². The fraction of sp³-hybridized carbons (Fsp3) is 0.364. The van der Waals surface area contributed by atoms with Crippen molar-refractivity contribution < 1.29 is 20.1 Å². The maximum absolute atomic E-state index is 10.6. The highest BCUT2D eigenvalue weighted by Crippen LogP contribution is 2.15. The Kier molecular flexibility index (Phi) is 3.44. The molecule has 0 radical (unpaired) electrons. The van der Waals surface area contributed by atoms with Crippen molar-refractivity contribution in [3.05, 3.63) is 35.9 Å². The Bertz CT molecular complexity index is 332. The normalized spacial score (nSPS) is 16.7. The zero-order chi connectivity index (χ0) is 11.5. The predicted molar refractivity (Wildman–Crippen MR) is 54.4 cm³/mol. The highest BCUT2D eigenvalue weighted by molar-refractivity contribution is 5.77. The SMILES string of the molecule is CC(O)(C(=O)O)[C@H](O)Cc1ccccc1. The van der Waals surface area contributed by atoms with Gasteiger partial charge in [0, 0.05) is 6.42 Å². The molecule has 2 atom stereocenters. The Hall–Kier alpha value is -1.39. The fourth-order valence-electron chi connectivity index (χ4n) is 1.18. The first kappa shape index (κ1) is 11.7. The lowest BCUT2D eigenvalue weighted by atomic mass is 9.93. The van der Waals surface area contributed by atoms with Gasteiger partial charge in [-0.1, -0.05) is 30.3 Å². The quantitative estimate of drug-likeness (QED) is 0.673. The van der Waals surface area contributed by atoms with Crippen molar-refractivity contribution in [1.82, 2.24) is 0 Å². The largest absolute Gasteiger partial charge is 0.479 e. The zero-order valence-corrected chi connectivity index (χ0v) is 8.42. The van der Waals surface area contributed by atoms with Crippen LogP contribution in [0.25, 0.3) is 0 Å². The second kappa shape index (κ2) is 4.42. The van der Waals surface area contributed by atoms with Crippen LogP contribution in [0.1, 0.15) is 12.5 Å². The van der Waals surface area contributed by atoms with Crippen LogP contribution in [-0.2, 0) is 11.2 Å². The van der Waals surface area contributed by atoms with Crippen molar-refractivity contribution in [3.63, 3.8) is 0 Å². The van der Waals surface area contributed by atoms with Gasteiger partial charge in [0.2, 0.25) is 0 Å². The smallest absolute Gasteiger partial charge is 0.338 e. The summed E-state index contributed by atoms with van der Waals surface area (Å²) in [5, 5.41) is 27.7. The van der Waals surface area contributed by atoms with Gasteiger partial charge in [0.05, 0.1) is 6.10 Å². The van der Waals surface area contributed by atoms with E-state index in [4.69, 9.17) is 5.11 Å². The summed E-state index contributed by atoms with van der Waals surface area (Å²) < 4.78 is 0. The summed E-state index contributed by atoms with van der Waals surface area (Å²) in [5.74, 6) is -1.43. The molecule has 4 heteroatoms. The van der Waals surface area contributed by atoms with E-state index < -0.39 is 17.7 Å². The van der Waals surface area contributed by atoms with E-state index >= 15 is 0 Å². The second-order valence-electron chi connectivity index (χ2n) is 3.66. The highest BCUT2D eigenvalue weighted by atomic mass is 16.4. The molecule has 82 valence electrons. The van der Waals surface area contributed by atoms with E-state index in [2.05, 4.69) is 0 Å². The van der Waals surface area contributed by atoms with Gasteiger partial charge in [-0.3, -0.25) is 0 Å². The molecule has 0 spiro atoms. The molecule has 1 unspecified atom stereocenters. The van der Waals surface area contributed by atoms with Crippen molar-refractivity contribution >= 4 is 5.97 Å². The van der Waals surface area contributed by atoms with E-state index in [-0.39, 0.29) is 6.42 Å². The minimum atomic E-state index is -2.12. The molecule has 3 N–H and O–H groups in total. The third-order valence-corrected chi connectivity index (χ3v) is 2.35. The first-order valence-electron chi connectivity index (χ1n) is 4.62. The summed E-state index contributed by atoms with van der Waals surface area (Å²) in [5.41, 5.74) is -1.33. The van der Waals surface area contributed by atoms with E-state index in [0.717, 1.165) is 12.5 Å². The lowest BCUT2D eigenvalue weighted by Crippen LogP contribution is -2.47. The third kappa shape index (κ3) is 2.78. The molecule has 0 saturated carbocycles. The minimum Gasteiger partial charge on any atom is -0.479 e. The number of hydrogen-bond acceptors (Lipinski definition) is 3. The fourth-order valence-corrected chi connectivity index (χ4v) is 1.18. The number of carbonyl (C=O) groups is 1. The number of rotatable bonds is 4. The first-order valence-corrected chi connectivity index (χ1v) is 4.62. The summed E-state index contributed by atoms with van der Waals surface area (Å²) >= 11 is 0. The number of aliphatic hydroxyl groups excluding tert-OH is 1. The van der Waals surface area contributed by atoms with Crippen molar-refractivity contribution in [3.8, 4) is 0 Å². The highest BCUT2D eigenvalue weighted by Gasteiger charge is 2.38. The molecule has 0 amide bonds. The monoisotopic (exact) mass is 210 g/mol. The molecule has 0 aliphatic heterocycles. The van der Waals surface area contributed by atoms with Crippen LogP contribution in [-0.4, -0.2) is 33.0 Å². The molecule has 1 rings (SSSR count). The van der Waals surface area contributed by atoms with Gasteiger partial charge < -0.3 is 15.3 Å². The molecule has 1 aromatic carbocycles. The van der Waals surface area contributed by atoms with Gasteiger partial charge in [-0.25, -0.2) is 4.79 Å². The zero-order valence-electron chi connectivity index (χ0n) is 8.42. The molecule has 0 heterocycles. The number of benzene rings is 1. The second-order valence-corrected chi connectivity index (χ2v) is 3.66. The summed E-state index contributed by atoms with van der Waals surface area (Å²) in [4.78, 5) is 10.6. The maximum Gasteiger partial charge on any atom is 0.338 e. The molecule has 0 bridgehead atoms. The topological polar surface area (TPSA) is 77.8 Å². The molecule has 0 aromatic heterocycles. The van der Waals surface area contributed by atoms with E-state index in [1.54, 1.807) is 24.3 Å².